The van der Waals surface area contributed by atoms with Crippen LogP contribution in [0, 0.1) is 0 Å². The van der Waals surface area contributed by atoms with Crippen LogP contribution >= 0.6 is 11.8 Å². The number of thioether (sulfide) groups is 1. The van der Waals surface area contributed by atoms with Gasteiger partial charge in [0.1, 0.15) is 6.04 Å². The molecule has 1 aliphatic rings. The molecule has 17 heavy (non-hydrogen) atoms. The molecule has 2 amide bonds. The topological polar surface area (TPSA) is 69.6 Å². The summed E-state index contributed by atoms with van der Waals surface area (Å²) in [5.74, 6) is -0.978. The second-order valence-corrected chi connectivity index (χ2v) is 6.29. The lowest BCUT2D eigenvalue weighted by Crippen LogP contribution is -2.52. The molecule has 1 rings (SSSR count). The Morgan fingerprint density at radius 3 is 2.35 bits per heavy atom. The van der Waals surface area contributed by atoms with Gasteiger partial charge in [0.05, 0.1) is 0 Å². The number of aliphatic carboxylic acids is 1. The molecule has 1 saturated heterocycles. The summed E-state index contributed by atoms with van der Waals surface area (Å²) in [7, 11) is 0. The van der Waals surface area contributed by atoms with E-state index < -0.39 is 12.0 Å². The standard InChI is InChI=1S/C11H20N2O3S/c1-4-9(10(14)15)12-11(16)13-5-7(2)17-8(3)6-13/h7-9H,4-6H2,1-3H3,(H,12,16)(H,14,15). The summed E-state index contributed by atoms with van der Waals surface area (Å²) >= 11 is 1.86. The average Bonchev–Trinajstić information content (AvgIpc) is 2.23. The van der Waals surface area contributed by atoms with E-state index in [2.05, 4.69) is 19.2 Å². The number of carboxylic acid groups (broad SMARTS) is 1. The van der Waals surface area contributed by atoms with Crippen molar-refractivity contribution in [2.75, 3.05) is 13.1 Å². The van der Waals surface area contributed by atoms with E-state index in [1.807, 2.05) is 11.8 Å². The summed E-state index contributed by atoms with van der Waals surface area (Å²) in [6, 6.07) is -1.05. The third-order valence-electron chi connectivity index (χ3n) is 2.71. The van der Waals surface area contributed by atoms with Crippen molar-refractivity contribution in [2.24, 2.45) is 0 Å². The lowest BCUT2D eigenvalue weighted by molar-refractivity contribution is -0.139. The molecule has 0 aromatic carbocycles. The molecule has 3 unspecified atom stereocenters. The van der Waals surface area contributed by atoms with Crippen LogP contribution in [0.2, 0.25) is 0 Å². The Morgan fingerprint density at radius 2 is 1.94 bits per heavy atom. The quantitative estimate of drug-likeness (QED) is 0.804. The highest BCUT2D eigenvalue weighted by Crippen LogP contribution is 2.24. The van der Waals surface area contributed by atoms with Gasteiger partial charge in [-0.1, -0.05) is 20.8 Å². The van der Waals surface area contributed by atoms with Gasteiger partial charge in [0, 0.05) is 23.6 Å². The fraction of sp³-hybridized carbons (Fsp3) is 0.818. The molecule has 2 N–H and O–H groups in total. The minimum absolute atomic E-state index is 0.266. The zero-order valence-corrected chi connectivity index (χ0v) is 11.3. The predicted molar refractivity (Wildman–Crippen MR) is 68.3 cm³/mol. The number of carbonyl (C=O) groups is 2. The van der Waals surface area contributed by atoms with Gasteiger partial charge in [-0.05, 0) is 6.42 Å². The first-order valence-electron chi connectivity index (χ1n) is 5.87. The van der Waals surface area contributed by atoms with Gasteiger partial charge in [-0.15, -0.1) is 0 Å². The van der Waals surface area contributed by atoms with Crippen molar-refractivity contribution in [3.8, 4) is 0 Å². The maximum atomic E-state index is 11.9. The van der Waals surface area contributed by atoms with Crippen molar-refractivity contribution in [3.05, 3.63) is 0 Å². The minimum Gasteiger partial charge on any atom is -0.480 e. The van der Waals surface area contributed by atoms with Crippen molar-refractivity contribution in [2.45, 2.75) is 43.7 Å². The van der Waals surface area contributed by atoms with Crippen molar-refractivity contribution >= 4 is 23.8 Å². The Morgan fingerprint density at radius 1 is 1.41 bits per heavy atom. The first kappa shape index (κ1) is 14.2. The molecule has 3 atom stereocenters. The average molecular weight is 260 g/mol. The van der Waals surface area contributed by atoms with Crippen LogP contribution in [-0.2, 0) is 4.79 Å². The van der Waals surface area contributed by atoms with Gasteiger partial charge in [-0.25, -0.2) is 9.59 Å². The first-order valence-corrected chi connectivity index (χ1v) is 6.82. The molecule has 0 aliphatic carbocycles. The normalized spacial score (nSPS) is 26.4. The molecule has 0 radical (unpaired) electrons. The number of hydrogen-bond donors (Lipinski definition) is 2. The van der Waals surface area contributed by atoms with E-state index in [1.165, 1.54) is 0 Å². The zero-order valence-electron chi connectivity index (χ0n) is 10.5. The Hall–Kier alpha value is -0.910. The van der Waals surface area contributed by atoms with Crippen LogP contribution in [0.1, 0.15) is 27.2 Å². The lowest BCUT2D eigenvalue weighted by Gasteiger charge is -2.35. The number of rotatable bonds is 3. The maximum Gasteiger partial charge on any atom is 0.326 e. The van der Waals surface area contributed by atoms with Gasteiger partial charge in [0.2, 0.25) is 0 Å². The Kier molecular flexibility index (Phi) is 5.11. The highest BCUT2D eigenvalue weighted by atomic mass is 32.2. The smallest absolute Gasteiger partial charge is 0.326 e. The molecule has 1 heterocycles. The summed E-state index contributed by atoms with van der Waals surface area (Å²) < 4.78 is 0. The Balaban J connectivity index is 2.54. The van der Waals surface area contributed by atoms with Crippen molar-refractivity contribution in [3.63, 3.8) is 0 Å². The molecule has 0 bridgehead atoms. The minimum atomic E-state index is -0.978. The highest BCUT2D eigenvalue weighted by molar-refractivity contribution is 8.00. The van der Waals surface area contributed by atoms with Crippen molar-refractivity contribution in [1.82, 2.24) is 10.2 Å². The number of amides is 2. The number of nitrogens with zero attached hydrogens (tertiary/aromatic N) is 1. The molecular weight excluding hydrogens is 240 g/mol. The van der Waals surface area contributed by atoms with Crippen LogP contribution in [0.4, 0.5) is 4.79 Å². The van der Waals surface area contributed by atoms with Crippen LogP contribution in [0.3, 0.4) is 0 Å². The molecule has 1 aliphatic heterocycles. The van der Waals surface area contributed by atoms with Gasteiger partial charge < -0.3 is 15.3 Å². The van der Waals surface area contributed by atoms with E-state index in [0.717, 1.165) is 0 Å². The van der Waals surface area contributed by atoms with Crippen LogP contribution in [0.5, 0.6) is 0 Å². The van der Waals surface area contributed by atoms with Gasteiger partial charge in [0.25, 0.3) is 0 Å². The number of urea groups is 1. The van der Waals surface area contributed by atoms with Gasteiger partial charge in [0.15, 0.2) is 0 Å². The number of carbonyl (C=O) groups excluding carboxylic acids is 1. The molecule has 0 spiro atoms. The summed E-state index contributed by atoms with van der Waals surface area (Å²) in [5.41, 5.74) is 0. The molecule has 1 fully saturated rings. The van der Waals surface area contributed by atoms with Crippen molar-refractivity contribution < 1.29 is 14.7 Å². The van der Waals surface area contributed by atoms with E-state index in [0.29, 0.717) is 30.0 Å². The third kappa shape index (κ3) is 4.11. The monoisotopic (exact) mass is 260 g/mol. The van der Waals surface area contributed by atoms with E-state index in [4.69, 9.17) is 5.11 Å². The molecule has 98 valence electrons. The third-order valence-corrected chi connectivity index (χ3v) is 3.94. The van der Waals surface area contributed by atoms with Crippen LogP contribution < -0.4 is 5.32 Å². The fourth-order valence-corrected chi connectivity index (χ4v) is 3.25. The summed E-state index contributed by atoms with van der Waals surface area (Å²) in [5, 5.41) is 12.2. The molecule has 0 aromatic rings. The zero-order chi connectivity index (χ0) is 13.0. The van der Waals surface area contributed by atoms with Gasteiger partial charge in [-0.3, -0.25) is 0 Å². The first-order chi connectivity index (χ1) is 7.93. The molecule has 5 nitrogen and oxygen atoms in total. The van der Waals surface area contributed by atoms with Crippen molar-refractivity contribution in [1.29, 1.82) is 0 Å². The predicted octanol–water partition coefficient (Wildman–Crippen LogP) is 1.38. The van der Waals surface area contributed by atoms with Crippen LogP contribution in [0.25, 0.3) is 0 Å². The lowest BCUT2D eigenvalue weighted by atomic mass is 10.2. The Bertz CT molecular complexity index is 288. The number of carboxylic acids is 1. The SMILES string of the molecule is CCC(NC(=O)N1CC(C)SC(C)C1)C(=O)O. The van der Waals surface area contributed by atoms with E-state index in [-0.39, 0.29) is 6.03 Å². The summed E-state index contributed by atoms with van der Waals surface area (Å²) in [6.45, 7) is 7.26. The molecule has 6 heteroatoms. The van der Waals surface area contributed by atoms with E-state index >= 15 is 0 Å². The molecule has 0 aromatic heterocycles. The van der Waals surface area contributed by atoms with Gasteiger partial charge >= 0.3 is 12.0 Å². The maximum absolute atomic E-state index is 11.9. The van der Waals surface area contributed by atoms with E-state index in [9.17, 15) is 9.59 Å². The van der Waals surface area contributed by atoms with Crippen LogP contribution in [-0.4, -0.2) is 51.6 Å². The largest absolute Gasteiger partial charge is 0.480 e. The molecular formula is C11H20N2O3S. The molecule has 0 saturated carbocycles. The number of nitrogens with one attached hydrogen (secondary N) is 1. The Labute approximate surface area is 106 Å². The second-order valence-electron chi connectivity index (χ2n) is 4.41. The number of hydrogen-bond acceptors (Lipinski definition) is 3. The van der Waals surface area contributed by atoms with E-state index in [1.54, 1.807) is 11.8 Å². The summed E-state index contributed by atoms with van der Waals surface area (Å²) in [4.78, 5) is 24.5. The summed E-state index contributed by atoms with van der Waals surface area (Å²) in [6.07, 6.45) is 0.398. The highest BCUT2D eigenvalue weighted by Gasteiger charge is 2.28. The second kappa shape index (κ2) is 6.14. The fourth-order valence-electron chi connectivity index (χ4n) is 1.92. The van der Waals surface area contributed by atoms with Gasteiger partial charge in [-0.2, -0.15) is 11.8 Å². The van der Waals surface area contributed by atoms with Crippen LogP contribution in [0.15, 0.2) is 0 Å².